The quantitative estimate of drug-likeness (QED) is 0.834. The van der Waals surface area contributed by atoms with Crippen molar-refractivity contribution >= 4 is 17.6 Å². The molecule has 0 saturated carbocycles. The van der Waals surface area contributed by atoms with Crippen LogP contribution in [0.4, 0.5) is 10.2 Å². The molecule has 14 heavy (non-hydrogen) atoms. The van der Waals surface area contributed by atoms with E-state index in [1.165, 1.54) is 6.33 Å². The molecule has 0 aromatic carbocycles. The molecule has 0 fully saturated rings. The SMILES string of the molecule is CSCC(C)Nc1ncnc(C)c1F. The lowest BCUT2D eigenvalue weighted by atomic mass is 10.3. The number of aryl methyl sites for hydroxylation is 1. The Morgan fingerprint density at radius 2 is 2.29 bits per heavy atom. The van der Waals surface area contributed by atoms with Crippen LogP contribution in [-0.2, 0) is 0 Å². The molecular formula is C9H14FN3S. The summed E-state index contributed by atoms with van der Waals surface area (Å²) in [6.45, 7) is 3.62. The first-order valence-corrected chi connectivity index (χ1v) is 5.77. The van der Waals surface area contributed by atoms with Gasteiger partial charge in [0.05, 0.1) is 5.69 Å². The number of hydrogen-bond donors (Lipinski definition) is 1. The lowest BCUT2D eigenvalue weighted by Gasteiger charge is -2.13. The normalized spacial score (nSPS) is 12.6. The van der Waals surface area contributed by atoms with Gasteiger partial charge in [-0.3, -0.25) is 0 Å². The minimum atomic E-state index is -0.361. The molecule has 1 aromatic heterocycles. The van der Waals surface area contributed by atoms with Crippen LogP contribution in [0.25, 0.3) is 0 Å². The van der Waals surface area contributed by atoms with Gasteiger partial charge < -0.3 is 5.32 Å². The van der Waals surface area contributed by atoms with E-state index in [-0.39, 0.29) is 11.9 Å². The van der Waals surface area contributed by atoms with Crippen molar-refractivity contribution in [2.24, 2.45) is 0 Å². The highest BCUT2D eigenvalue weighted by molar-refractivity contribution is 7.98. The molecule has 0 aliphatic heterocycles. The average Bonchev–Trinajstić information content (AvgIpc) is 2.13. The van der Waals surface area contributed by atoms with Gasteiger partial charge >= 0.3 is 0 Å². The van der Waals surface area contributed by atoms with E-state index in [1.807, 2.05) is 13.2 Å². The summed E-state index contributed by atoms with van der Waals surface area (Å²) in [6, 6.07) is 0.203. The summed E-state index contributed by atoms with van der Waals surface area (Å²) < 4.78 is 13.4. The van der Waals surface area contributed by atoms with Gasteiger partial charge in [0.1, 0.15) is 6.33 Å². The second kappa shape index (κ2) is 5.14. The molecule has 1 rings (SSSR count). The lowest BCUT2D eigenvalue weighted by molar-refractivity contribution is 0.602. The molecule has 0 aliphatic rings. The Hall–Kier alpha value is -0.840. The number of nitrogens with one attached hydrogen (secondary N) is 1. The summed E-state index contributed by atoms with van der Waals surface area (Å²) in [5.74, 6) is 0.849. The second-order valence-corrected chi connectivity index (χ2v) is 4.03. The van der Waals surface area contributed by atoms with Crippen molar-refractivity contribution in [1.29, 1.82) is 0 Å². The smallest absolute Gasteiger partial charge is 0.186 e. The molecule has 0 radical (unpaired) electrons. The minimum Gasteiger partial charge on any atom is -0.364 e. The Balaban J connectivity index is 2.71. The maximum atomic E-state index is 13.4. The van der Waals surface area contributed by atoms with Gasteiger partial charge in [0.2, 0.25) is 0 Å². The first-order valence-electron chi connectivity index (χ1n) is 4.37. The third kappa shape index (κ3) is 2.83. The molecule has 0 bridgehead atoms. The Bertz CT molecular complexity index is 306. The van der Waals surface area contributed by atoms with Crippen LogP contribution in [0.5, 0.6) is 0 Å². The second-order valence-electron chi connectivity index (χ2n) is 3.12. The molecule has 1 N–H and O–H groups in total. The van der Waals surface area contributed by atoms with Gasteiger partial charge in [-0.15, -0.1) is 0 Å². The molecule has 1 unspecified atom stereocenters. The average molecular weight is 215 g/mol. The number of anilines is 1. The number of halogens is 1. The van der Waals surface area contributed by atoms with Crippen LogP contribution >= 0.6 is 11.8 Å². The molecule has 0 saturated heterocycles. The van der Waals surface area contributed by atoms with Crippen molar-refractivity contribution in [3.05, 3.63) is 17.8 Å². The van der Waals surface area contributed by atoms with E-state index in [4.69, 9.17) is 0 Å². The number of hydrogen-bond acceptors (Lipinski definition) is 4. The van der Waals surface area contributed by atoms with Crippen molar-refractivity contribution < 1.29 is 4.39 Å². The standard InChI is InChI=1S/C9H14FN3S/c1-6(4-14-3)13-9-8(10)7(2)11-5-12-9/h5-6H,4H2,1-3H3,(H,11,12,13). The maximum Gasteiger partial charge on any atom is 0.186 e. The Morgan fingerprint density at radius 3 is 2.93 bits per heavy atom. The molecule has 3 nitrogen and oxygen atoms in total. The van der Waals surface area contributed by atoms with Crippen LogP contribution in [0.3, 0.4) is 0 Å². The minimum absolute atomic E-state index is 0.203. The zero-order valence-corrected chi connectivity index (χ0v) is 9.36. The molecule has 78 valence electrons. The third-order valence-electron chi connectivity index (χ3n) is 1.76. The fourth-order valence-corrected chi connectivity index (χ4v) is 1.67. The molecule has 0 amide bonds. The van der Waals surface area contributed by atoms with Crippen molar-refractivity contribution in [1.82, 2.24) is 9.97 Å². The van der Waals surface area contributed by atoms with Crippen LogP contribution < -0.4 is 5.32 Å². The van der Waals surface area contributed by atoms with Crippen LogP contribution in [-0.4, -0.2) is 28.0 Å². The Labute approximate surface area is 87.5 Å². The zero-order chi connectivity index (χ0) is 10.6. The third-order valence-corrected chi connectivity index (χ3v) is 2.60. The van der Waals surface area contributed by atoms with E-state index < -0.39 is 0 Å². The van der Waals surface area contributed by atoms with Crippen molar-refractivity contribution in [3.63, 3.8) is 0 Å². The van der Waals surface area contributed by atoms with E-state index in [0.29, 0.717) is 11.5 Å². The number of aromatic nitrogens is 2. The molecule has 1 heterocycles. The largest absolute Gasteiger partial charge is 0.364 e. The summed E-state index contributed by atoms with van der Waals surface area (Å²) in [6.07, 6.45) is 3.38. The highest BCUT2D eigenvalue weighted by Gasteiger charge is 2.09. The van der Waals surface area contributed by atoms with Gasteiger partial charge in [0.15, 0.2) is 11.6 Å². The van der Waals surface area contributed by atoms with Gasteiger partial charge in [-0.25, -0.2) is 14.4 Å². The molecule has 5 heteroatoms. The molecule has 1 aromatic rings. The van der Waals surface area contributed by atoms with Gasteiger partial charge in [0.25, 0.3) is 0 Å². The molecule has 0 spiro atoms. The van der Waals surface area contributed by atoms with E-state index >= 15 is 0 Å². The van der Waals surface area contributed by atoms with Crippen molar-refractivity contribution in [3.8, 4) is 0 Å². The first-order chi connectivity index (χ1) is 6.65. The highest BCUT2D eigenvalue weighted by atomic mass is 32.2. The fourth-order valence-electron chi connectivity index (χ4n) is 1.08. The maximum absolute atomic E-state index is 13.4. The number of nitrogens with zero attached hydrogens (tertiary/aromatic N) is 2. The highest BCUT2D eigenvalue weighted by Crippen LogP contribution is 2.13. The Kier molecular flexibility index (Phi) is 4.13. The predicted molar refractivity (Wildman–Crippen MR) is 58.2 cm³/mol. The zero-order valence-electron chi connectivity index (χ0n) is 8.54. The Morgan fingerprint density at radius 1 is 1.57 bits per heavy atom. The molecule has 0 aliphatic carbocycles. The van der Waals surface area contributed by atoms with Gasteiger partial charge in [-0.2, -0.15) is 11.8 Å². The lowest BCUT2D eigenvalue weighted by Crippen LogP contribution is -2.19. The summed E-state index contributed by atoms with van der Waals surface area (Å²) in [7, 11) is 0. The van der Waals surface area contributed by atoms with Crippen LogP contribution in [0.2, 0.25) is 0 Å². The monoisotopic (exact) mass is 215 g/mol. The van der Waals surface area contributed by atoms with E-state index in [9.17, 15) is 4.39 Å². The van der Waals surface area contributed by atoms with Crippen molar-refractivity contribution in [2.75, 3.05) is 17.3 Å². The molecule has 1 atom stereocenters. The summed E-state index contributed by atoms with van der Waals surface area (Å²) in [5.41, 5.74) is 0.374. The van der Waals surface area contributed by atoms with Gasteiger partial charge in [-0.1, -0.05) is 0 Å². The van der Waals surface area contributed by atoms with Crippen LogP contribution in [0, 0.1) is 12.7 Å². The first kappa shape index (κ1) is 11.2. The summed E-state index contributed by atoms with van der Waals surface area (Å²) >= 11 is 1.71. The van der Waals surface area contributed by atoms with Crippen LogP contribution in [0.15, 0.2) is 6.33 Å². The fraction of sp³-hybridized carbons (Fsp3) is 0.556. The number of rotatable bonds is 4. The van der Waals surface area contributed by atoms with Gasteiger partial charge in [0, 0.05) is 11.8 Å². The van der Waals surface area contributed by atoms with E-state index in [2.05, 4.69) is 15.3 Å². The van der Waals surface area contributed by atoms with Crippen LogP contribution in [0.1, 0.15) is 12.6 Å². The van der Waals surface area contributed by atoms with Gasteiger partial charge in [-0.05, 0) is 20.1 Å². The summed E-state index contributed by atoms with van der Waals surface area (Å²) in [4.78, 5) is 7.62. The van der Waals surface area contributed by atoms with Crippen molar-refractivity contribution in [2.45, 2.75) is 19.9 Å². The molecular weight excluding hydrogens is 201 g/mol. The predicted octanol–water partition coefficient (Wildman–Crippen LogP) is 2.09. The topological polar surface area (TPSA) is 37.8 Å². The van der Waals surface area contributed by atoms with E-state index in [0.717, 1.165) is 5.75 Å². The van der Waals surface area contributed by atoms with E-state index in [1.54, 1.807) is 18.7 Å². The summed E-state index contributed by atoms with van der Waals surface area (Å²) in [5, 5.41) is 3.00. The number of thioether (sulfide) groups is 1.